The molecule has 0 radical (unpaired) electrons. The monoisotopic (exact) mass is 535 g/mol. The quantitative estimate of drug-likeness (QED) is 0.274. The number of hydrogen-bond acceptors (Lipinski definition) is 9. The molecule has 0 aliphatic carbocycles. The fourth-order valence-corrected chi connectivity index (χ4v) is 4.51. The van der Waals surface area contributed by atoms with Crippen molar-refractivity contribution in [3.8, 4) is 5.75 Å². The van der Waals surface area contributed by atoms with Crippen molar-refractivity contribution >= 4 is 25.7 Å². The second-order valence-electron chi connectivity index (χ2n) is 7.78. The van der Waals surface area contributed by atoms with Gasteiger partial charge in [-0.15, -0.1) is 0 Å². The highest BCUT2D eigenvalue weighted by atomic mass is 35.5. The van der Waals surface area contributed by atoms with Crippen molar-refractivity contribution in [2.75, 3.05) is 13.7 Å². The van der Waals surface area contributed by atoms with E-state index in [9.17, 15) is 24.1 Å². The lowest BCUT2D eigenvalue weighted by Crippen LogP contribution is -2.44. The van der Waals surface area contributed by atoms with Gasteiger partial charge in [0.15, 0.2) is 11.9 Å². The number of H-pyrrole nitrogens is 1. The van der Waals surface area contributed by atoms with Crippen LogP contribution in [-0.4, -0.2) is 63.1 Å². The third kappa shape index (κ3) is 6.00. The van der Waals surface area contributed by atoms with Crippen molar-refractivity contribution in [3.05, 3.63) is 62.4 Å². The van der Waals surface area contributed by atoms with E-state index in [0.717, 1.165) is 35.7 Å². The Labute approximate surface area is 204 Å². The fourth-order valence-electron chi connectivity index (χ4n) is 3.35. The summed E-state index contributed by atoms with van der Waals surface area (Å²) in [5, 5.41) is 10.9. The minimum Gasteiger partial charge on any atom is -0.468 e. The normalized spacial score (nSPS) is 25.9. The van der Waals surface area contributed by atoms with Crippen LogP contribution in [0.15, 0.2) is 46.1 Å². The molecule has 12 nitrogen and oxygen atoms in total. The second kappa shape index (κ2) is 11.0. The molecule has 1 aliphatic heterocycles. The molecule has 1 fully saturated rings. The third-order valence-corrected chi connectivity index (χ3v) is 6.83. The topological polar surface area (TPSA) is 149 Å². The summed E-state index contributed by atoms with van der Waals surface area (Å²) in [5.41, 5.74) is -4.11. The zero-order chi connectivity index (χ0) is 25.9. The number of nitrogens with one attached hydrogen (secondary N) is 1. The molecule has 0 saturated carbocycles. The number of aromatic nitrogens is 2. The number of methoxy groups -OCH3 is 1. The second-order valence-corrected chi connectivity index (χ2v) is 9.40. The molecule has 1 aromatic carbocycles. The van der Waals surface area contributed by atoms with E-state index >= 15 is 4.39 Å². The summed E-state index contributed by atoms with van der Waals surface area (Å²) in [5.74, 6) is -0.626. The first-order valence-electron chi connectivity index (χ1n) is 10.3. The van der Waals surface area contributed by atoms with Gasteiger partial charge >= 0.3 is 19.8 Å². The van der Waals surface area contributed by atoms with Crippen LogP contribution in [0, 0.1) is 0 Å². The van der Waals surface area contributed by atoms with Crippen molar-refractivity contribution in [1.29, 1.82) is 0 Å². The summed E-state index contributed by atoms with van der Waals surface area (Å²) >= 11 is 5.83. The van der Waals surface area contributed by atoms with Crippen LogP contribution in [-0.2, 0) is 23.7 Å². The van der Waals surface area contributed by atoms with Crippen molar-refractivity contribution in [3.63, 3.8) is 0 Å². The lowest BCUT2D eigenvalue weighted by Gasteiger charge is -2.27. The summed E-state index contributed by atoms with van der Waals surface area (Å²) < 4.78 is 44.6. The lowest BCUT2D eigenvalue weighted by molar-refractivity contribution is -0.179. The minimum absolute atomic E-state index is 0.176. The van der Waals surface area contributed by atoms with Crippen LogP contribution >= 0.6 is 19.8 Å². The largest absolute Gasteiger partial charge is 0.468 e. The predicted molar refractivity (Wildman–Crippen MR) is 121 cm³/mol. The average Bonchev–Trinajstić information content (AvgIpc) is 3.03. The molecule has 2 N–H and O–H groups in total. The number of hydrogen-bond donors (Lipinski definition) is 2. The van der Waals surface area contributed by atoms with Gasteiger partial charge in [-0.3, -0.25) is 28.5 Å². The molecule has 15 heteroatoms. The highest BCUT2D eigenvalue weighted by Crippen LogP contribution is 2.41. The summed E-state index contributed by atoms with van der Waals surface area (Å²) in [6.07, 6.45) is -3.72. The zero-order valence-electron chi connectivity index (χ0n) is 18.8. The molecule has 2 heterocycles. The number of ether oxygens (including phenoxy) is 2. The highest BCUT2D eigenvalue weighted by molar-refractivity contribution is 7.36. The number of aliphatic hydroxyl groups is 1. The van der Waals surface area contributed by atoms with Crippen LogP contribution < -0.4 is 15.8 Å². The number of aliphatic hydroxyl groups excluding tert-OH is 1. The Bertz CT molecular complexity index is 1190. The van der Waals surface area contributed by atoms with Crippen molar-refractivity contribution in [1.82, 2.24) is 14.4 Å². The number of benzene rings is 1. The van der Waals surface area contributed by atoms with Gasteiger partial charge in [-0.05, 0) is 38.1 Å². The Hall–Kier alpha value is -2.54. The van der Waals surface area contributed by atoms with E-state index in [1.165, 1.54) is 31.2 Å². The van der Waals surface area contributed by atoms with Crippen LogP contribution in [0.4, 0.5) is 4.39 Å². The molecule has 192 valence electrons. The third-order valence-electron chi connectivity index (χ3n) is 5.29. The molecule has 3 rings (SSSR count). The molecule has 0 bridgehead atoms. The van der Waals surface area contributed by atoms with Crippen molar-refractivity contribution in [2.45, 2.75) is 44.0 Å². The van der Waals surface area contributed by atoms with E-state index in [1.54, 1.807) is 0 Å². The minimum atomic E-state index is -3.27. The zero-order valence-corrected chi connectivity index (χ0v) is 20.6. The van der Waals surface area contributed by atoms with E-state index in [1.807, 2.05) is 4.98 Å². The van der Waals surface area contributed by atoms with Crippen molar-refractivity contribution < 1.29 is 37.7 Å². The molecule has 0 amide bonds. The van der Waals surface area contributed by atoms with E-state index < -0.39 is 62.2 Å². The SMILES string of the molecule is COC(=O)C(C)N(OC[C@H]1O[C@@H](n2ccc(=O)[nH]c2=O)[C@](C)(F)[C@@H]1O)[PH](=O)Oc1ccc(Cl)cc1. The van der Waals surface area contributed by atoms with Crippen LogP contribution in [0.2, 0.25) is 5.02 Å². The van der Waals surface area contributed by atoms with Gasteiger partial charge in [-0.1, -0.05) is 16.4 Å². The summed E-state index contributed by atoms with van der Waals surface area (Å²) in [6.45, 7) is 1.78. The number of carbonyl (C=O) groups excluding carboxylic acids is 1. The van der Waals surface area contributed by atoms with E-state index in [2.05, 4.69) is 4.74 Å². The first kappa shape index (κ1) is 27.1. The number of carbonyl (C=O) groups is 1. The molecule has 1 aromatic heterocycles. The maximum absolute atomic E-state index is 15.4. The first-order valence-corrected chi connectivity index (χ1v) is 11.9. The van der Waals surface area contributed by atoms with Crippen LogP contribution in [0.3, 0.4) is 0 Å². The number of rotatable bonds is 9. The van der Waals surface area contributed by atoms with Gasteiger partial charge in [0.2, 0.25) is 0 Å². The number of halogens is 2. The average molecular weight is 536 g/mol. The molecular weight excluding hydrogens is 512 g/mol. The number of aromatic amines is 1. The fraction of sp³-hybridized carbons (Fsp3) is 0.450. The Kier molecular flexibility index (Phi) is 8.52. The molecular formula is C20H24ClFN3O9P. The molecule has 2 unspecified atom stereocenters. The van der Waals surface area contributed by atoms with Gasteiger partial charge in [0.1, 0.15) is 24.0 Å². The van der Waals surface area contributed by atoms with Gasteiger partial charge in [0.25, 0.3) is 5.56 Å². The predicted octanol–water partition coefficient (Wildman–Crippen LogP) is 1.44. The highest BCUT2D eigenvalue weighted by Gasteiger charge is 2.55. The van der Waals surface area contributed by atoms with Crippen LogP contribution in [0.1, 0.15) is 20.1 Å². The standard InChI is InChI=1S/C20H24ClFN3O9P/c1-11(17(28)31-3)25(35(30)34-13-6-4-12(21)5-7-13)32-10-14-16(27)20(2,22)18(33-14)24-9-8-15(26)23-19(24)29/h4-9,11,14,16,18,27,35H,10H2,1-3H3,(H,23,26,29)/t11?,14-,16-,18-,20-/m1/s1. The molecule has 1 saturated heterocycles. The number of alkyl halides is 1. The number of hydroxylamine groups is 1. The first-order chi connectivity index (χ1) is 16.4. The Balaban J connectivity index is 1.78. The van der Waals surface area contributed by atoms with Crippen molar-refractivity contribution in [2.24, 2.45) is 0 Å². The molecule has 2 aromatic rings. The molecule has 0 spiro atoms. The van der Waals surface area contributed by atoms with Gasteiger partial charge < -0.3 is 19.1 Å². The van der Waals surface area contributed by atoms with Gasteiger partial charge in [0, 0.05) is 17.3 Å². The Morgan fingerprint density at radius 2 is 2.03 bits per heavy atom. The number of esters is 1. The maximum Gasteiger partial charge on any atom is 0.331 e. The van der Waals surface area contributed by atoms with E-state index in [0.29, 0.717) is 5.02 Å². The Morgan fingerprint density at radius 1 is 1.37 bits per heavy atom. The molecule has 1 aliphatic rings. The number of nitrogens with zero attached hydrogens (tertiary/aromatic N) is 2. The Morgan fingerprint density at radius 3 is 2.63 bits per heavy atom. The van der Waals surface area contributed by atoms with Gasteiger partial charge in [-0.25, -0.2) is 9.18 Å². The van der Waals surface area contributed by atoms with Gasteiger partial charge in [0.05, 0.1) is 13.7 Å². The molecule has 35 heavy (non-hydrogen) atoms. The van der Waals surface area contributed by atoms with Crippen LogP contribution in [0.25, 0.3) is 0 Å². The summed E-state index contributed by atoms with van der Waals surface area (Å²) in [7, 11) is -2.14. The van der Waals surface area contributed by atoms with Crippen LogP contribution in [0.5, 0.6) is 5.75 Å². The molecule has 6 atom stereocenters. The lowest BCUT2D eigenvalue weighted by atomic mass is 9.98. The summed E-state index contributed by atoms with van der Waals surface area (Å²) in [4.78, 5) is 43.7. The van der Waals surface area contributed by atoms with Gasteiger partial charge in [-0.2, -0.15) is 0 Å². The van der Waals surface area contributed by atoms with E-state index in [-0.39, 0.29) is 5.75 Å². The summed E-state index contributed by atoms with van der Waals surface area (Å²) in [6, 6.07) is 5.70. The van der Waals surface area contributed by atoms with E-state index in [4.69, 9.17) is 25.7 Å². The smallest absolute Gasteiger partial charge is 0.331 e. The maximum atomic E-state index is 15.4.